The first-order valence-electron chi connectivity index (χ1n) is 19.6. The Morgan fingerprint density at radius 1 is 0.322 bits per heavy atom. The van der Waals surface area contributed by atoms with Gasteiger partial charge in [-0.1, -0.05) is 97.1 Å². The van der Waals surface area contributed by atoms with Gasteiger partial charge in [-0.2, -0.15) is 0 Å². The summed E-state index contributed by atoms with van der Waals surface area (Å²) in [6.45, 7) is 21.9. The van der Waals surface area contributed by atoms with E-state index in [1.54, 1.807) is 0 Å². The smallest absolute Gasteiger partial charge is 2.00 e. The van der Waals surface area contributed by atoms with E-state index in [0.717, 1.165) is 89.4 Å². The van der Waals surface area contributed by atoms with Gasteiger partial charge in [0.25, 0.3) is 0 Å². The average Bonchev–Trinajstić information content (AvgIpc) is 4.04. The van der Waals surface area contributed by atoms with Crippen LogP contribution in [0.5, 0.6) is 0 Å². The van der Waals surface area contributed by atoms with E-state index in [-0.39, 0.29) is 19.5 Å². The second kappa shape index (κ2) is 16.6. The van der Waals surface area contributed by atoms with Crippen LogP contribution in [0.3, 0.4) is 0 Å². The number of fused-ring (bicyclic) bond motifs is 8. The summed E-state index contributed by atoms with van der Waals surface area (Å²) in [5, 5.41) is 0. The van der Waals surface area contributed by atoms with Crippen molar-refractivity contribution in [2.45, 2.75) is 55.4 Å². The number of aryl methyl sites for hydroxylation is 8. The zero-order chi connectivity index (χ0) is 40.8. The molecule has 0 saturated carbocycles. The van der Waals surface area contributed by atoms with E-state index in [9.17, 15) is 0 Å². The van der Waals surface area contributed by atoms with Crippen LogP contribution in [-0.4, -0.2) is 9.97 Å². The van der Waals surface area contributed by atoms with E-state index in [2.05, 4.69) is 183 Å². The molecule has 0 amide bonds. The van der Waals surface area contributed by atoms with E-state index in [1.165, 1.54) is 44.5 Å². The van der Waals surface area contributed by atoms with Gasteiger partial charge in [0.1, 0.15) is 0 Å². The zero-order valence-electron chi connectivity index (χ0n) is 34.6. The first-order chi connectivity index (χ1) is 28.1. The zero-order valence-corrected chi connectivity index (χ0v) is 36.3. The SMILES string of the molecule is Cc1cccc(C)c1-c1c2nc(c(-c3c(C)cccc3C)c3ccc([n-]3)c(-c3c(C)cccc3C)c3nc(c(-c4c(C)cccc4C)c4ccc1[n-]4)C=C3)C=C2.[C-]#[O+].[Ru+2]. The Balaban J connectivity index is 0.00000173. The van der Waals surface area contributed by atoms with Gasteiger partial charge in [0.05, 0.1) is 22.8 Å². The van der Waals surface area contributed by atoms with Crippen molar-refractivity contribution in [2.75, 3.05) is 0 Å². The first-order valence-corrected chi connectivity index (χ1v) is 19.6. The fraction of sp³-hybridized carbons (Fsp3) is 0.151. The van der Waals surface area contributed by atoms with Gasteiger partial charge in [-0.3, -0.25) is 0 Å². The Bertz CT molecular complexity index is 2590. The fourth-order valence-corrected chi connectivity index (χ4v) is 8.95. The second-order valence-electron chi connectivity index (χ2n) is 15.4. The van der Waals surface area contributed by atoms with Crippen LogP contribution in [0, 0.1) is 62.0 Å². The minimum absolute atomic E-state index is 0. The van der Waals surface area contributed by atoms with Gasteiger partial charge in [-0.15, -0.1) is 22.1 Å². The molecule has 0 saturated heterocycles. The van der Waals surface area contributed by atoms with Crippen molar-refractivity contribution in [1.29, 1.82) is 0 Å². The number of hydrogen-bond acceptors (Lipinski definition) is 2. The van der Waals surface area contributed by atoms with E-state index < -0.39 is 0 Å². The molecule has 2 aliphatic heterocycles. The molecular formula is C53H44N4ORu. The van der Waals surface area contributed by atoms with Crippen LogP contribution in [0.1, 0.15) is 67.3 Å². The summed E-state index contributed by atoms with van der Waals surface area (Å²) < 4.78 is 7.50. The molecule has 5 heterocycles. The standard InChI is InChI=1S/C52H44N4.CO.Ru/c1-29-13-9-14-30(2)45(29)49-37-21-23-39(53-37)50(46-31(3)15-10-16-32(46)4)41-25-27-43(55-41)52(48-35(7)19-12-20-36(48)8)44-28-26-42(56-44)51(40-24-22-38(49)54-40)47-33(5)17-11-18-34(47)6;1-2;/h9-28H,1-8H3;;/q-2;;+2. The number of nitrogens with zero attached hydrogens (tertiary/aromatic N) is 4. The molecule has 0 atom stereocenters. The van der Waals surface area contributed by atoms with Crippen molar-refractivity contribution in [3.05, 3.63) is 171 Å². The van der Waals surface area contributed by atoms with Gasteiger partial charge in [0.2, 0.25) is 0 Å². The van der Waals surface area contributed by atoms with Crippen molar-refractivity contribution in [3.63, 3.8) is 0 Å². The molecular weight excluding hydrogens is 810 g/mol. The predicted octanol–water partition coefficient (Wildman–Crippen LogP) is 13.0. The summed E-state index contributed by atoms with van der Waals surface area (Å²) in [5.41, 5.74) is 25.2. The first kappa shape index (κ1) is 41.0. The van der Waals surface area contributed by atoms with Gasteiger partial charge in [0.15, 0.2) is 0 Å². The monoisotopic (exact) mass is 854 g/mol. The van der Waals surface area contributed by atoms with E-state index in [0.29, 0.717) is 0 Å². The van der Waals surface area contributed by atoms with Crippen LogP contribution in [-0.2, 0) is 24.1 Å². The maximum Gasteiger partial charge on any atom is 2.00 e. The molecule has 0 unspecified atom stereocenters. The summed E-state index contributed by atoms with van der Waals surface area (Å²) in [5.74, 6) is 0. The van der Waals surface area contributed by atoms with Crippen LogP contribution in [0.4, 0.5) is 0 Å². The van der Waals surface area contributed by atoms with Crippen molar-refractivity contribution in [3.8, 4) is 44.5 Å². The molecule has 5 nitrogen and oxygen atoms in total. The molecule has 7 aromatic rings. The summed E-state index contributed by atoms with van der Waals surface area (Å²) in [4.78, 5) is 22.1. The van der Waals surface area contributed by atoms with Gasteiger partial charge >= 0.3 is 30.8 Å². The Labute approximate surface area is 359 Å². The Kier molecular flexibility index (Phi) is 11.5. The summed E-state index contributed by atoms with van der Waals surface area (Å²) >= 11 is 0. The molecule has 9 rings (SSSR count). The molecule has 0 fully saturated rings. The Morgan fingerprint density at radius 2 is 0.508 bits per heavy atom. The van der Waals surface area contributed by atoms with Crippen LogP contribution in [0.2, 0.25) is 0 Å². The van der Waals surface area contributed by atoms with Crippen LogP contribution >= 0.6 is 0 Å². The summed E-state index contributed by atoms with van der Waals surface area (Å²) in [7, 11) is 0. The Morgan fingerprint density at radius 3 is 0.695 bits per heavy atom. The quantitative estimate of drug-likeness (QED) is 0.100. The van der Waals surface area contributed by atoms with Crippen molar-refractivity contribution in [2.24, 2.45) is 0 Å². The van der Waals surface area contributed by atoms with Crippen molar-refractivity contribution in [1.82, 2.24) is 19.9 Å². The average molecular weight is 854 g/mol. The second-order valence-corrected chi connectivity index (χ2v) is 15.4. The molecule has 6 heteroatoms. The molecule has 0 radical (unpaired) electrons. The van der Waals surface area contributed by atoms with Gasteiger partial charge in [0, 0.05) is 0 Å². The van der Waals surface area contributed by atoms with Crippen molar-refractivity contribution >= 4 is 46.4 Å². The molecule has 3 aromatic heterocycles. The Hall–Kier alpha value is -6.16. The summed E-state index contributed by atoms with van der Waals surface area (Å²) in [6, 6.07) is 34.6. The number of aromatic nitrogens is 4. The largest absolute Gasteiger partial charge is 2.00 e. The van der Waals surface area contributed by atoms with E-state index in [4.69, 9.17) is 24.6 Å². The molecule has 2 aliphatic rings. The van der Waals surface area contributed by atoms with Gasteiger partial charge < -0.3 is 9.97 Å². The van der Waals surface area contributed by atoms with E-state index in [1.807, 2.05) is 0 Å². The molecule has 8 bridgehead atoms. The number of hydrogen-bond donors (Lipinski definition) is 0. The van der Waals surface area contributed by atoms with Gasteiger partial charge in [-0.05, 0) is 169 Å². The summed E-state index contributed by atoms with van der Waals surface area (Å²) in [6.07, 6.45) is 8.65. The third kappa shape index (κ3) is 7.19. The predicted molar refractivity (Wildman–Crippen MR) is 240 cm³/mol. The molecule has 0 spiro atoms. The third-order valence-electron chi connectivity index (χ3n) is 11.5. The third-order valence-corrected chi connectivity index (χ3v) is 11.5. The fourth-order valence-electron chi connectivity index (χ4n) is 8.95. The maximum atomic E-state index is 7.50. The maximum absolute atomic E-state index is 7.50. The topological polar surface area (TPSA) is 73.9 Å². The minimum Gasteiger partial charge on any atom is 2.00 e. The molecule has 59 heavy (non-hydrogen) atoms. The normalized spacial score (nSPS) is 11.6. The number of rotatable bonds is 4. The molecule has 0 aliphatic carbocycles. The molecule has 0 N–H and O–H groups in total. The molecule has 4 aromatic carbocycles. The molecule has 290 valence electrons. The minimum atomic E-state index is 0. The van der Waals surface area contributed by atoms with Crippen LogP contribution in [0.15, 0.2) is 97.1 Å². The number of benzene rings is 4. The van der Waals surface area contributed by atoms with Gasteiger partial charge in [-0.25, -0.2) is 9.97 Å². The van der Waals surface area contributed by atoms with Crippen LogP contribution in [0.25, 0.3) is 90.9 Å². The van der Waals surface area contributed by atoms with Crippen molar-refractivity contribution < 1.29 is 24.1 Å². The van der Waals surface area contributed by atoms with Crippen LogP contribution < -0.4 is 9.97 Å². The van der Waals surface area contributed by atoms with E-state index >= 15 is 0 Å².